The molecule has 0 aromatic heterocycles. The largest absolute Gasteiger partial charge is 0.812 e. The lowest BCUT2D eigenvalue weighted by Crippen LogP contribution is -2.41. The Morgan fingerprint density at radius 1 is 0.407 bits per heavy atom. The third-order valence-corrected chi connectivity index (χ3v) is 9.41. The van der Waals surface area contributed by atoms with E-state index in [-0.39, 0.29) is 42.7 Å². The summed E-state index contributed by atoms with van der Waals surface area (Å²) in [5, 5.41) is 42.5. The summed E-state index contributed by atoms with van der Waals surface area (Å²) < 4.78 is 66.7. The molecule has 2 bridgehead atoms. The molecule has 0 spiro atoms. The smallest absolute Gasteiger partial charge is 0.509 e. The SMILES string of the molecule is N#CC1=C(C#N)SC2=N\O[B-]3(F)O/N=C(c4ccccc4)/C(c4ccccc4)=N/O[B-](F)(O\N=C\2S1)O/N=C(c1ccccc1)/C(c1ccccc1)=N/O3. The van der Waals surface area contributed by atoms with Gasteiger partial charge in [0.15, 0.2) is 10.1 Å². The van der Waals surface area contributed by atoms with Crippen molar-refractivity contribution in [3.05, 3.63) is 153 Å². The highest BCUT2D eigenvalue weighted by Crippen LogP contribution is 2.38. The van der Waals surface area contributed by atoms with Gasteiger partial charge in [0.1, 0.15) is 44.8 Å². The van der Waals surface area contributed by atoms with Gasteiger partial charge in [0.05, 0.1) is 0 Å². The Hall–Kier alpha value is -6.89. The average molecular weight is 760 g/mol. The lowest BCUT2D eigenvalue weighted by Gasteiger charge is -2.30. The zero-order valence-corrected chi connectivity index (χ0v) is 28.9. The first-order valence-corrected chi connectivity index (χ1v) is 17.3. The Kier molecular flexibility index (Phi) is 10.4. The van der Waals surface area contributed by atoms with Gasteiger partial charge in [-0.15, -0.1) is 30.9 Å². The molecule has 0 atom stereocenters. The van der Waals surface area contributed by atoms with Crippen molar-refractivity contribution in [2.45, 2.75) is 0 Å². The Balaban J connectivity index is 1.50. The maximum atomic E-state index is 17.2. The summed E-state index contributed by atoms with van der Waals surface area (Å²) in [6.07, 6.45) is 0. The van der Waals surface area contributed by atoms with Gasteiger partial charge in [-0.1, -0.05) is 145 Å². The maximum Gasteiger partial charge on any atom is 0.812 e. The summed E-state index contributed by atoms with van der Waals surface area (Å²) >= 11 is 1.08. The molecule has 0 saturated heterocycles. The van der Waals surface area contributed by atoms with Crippen molar-refractivity contribution < 1.29 is 37.2 Å². The average Bonchev–Trinajstić information content (AvgIpc) is 3.22. The van der Waals surface area contributed by atoms with E-state index >= 15 is 8.63 Å². The van der Waals surface area contributed by atoms with Crippen LogP contribution in [0.15, 0.2) is 162 Å². The number of oxime groups is 6. The molecule has 266 valence electrons. The Bertz CT molecular complexity index is 2080. The Morgan fingerprint density at radius 2 is 0.648 bits per heavy atom. The summed E-state index contributed by atoms with van der Waals surface area (Å²) in [7, 11) is -9.34. The van der Waals surface area contributed by atoms with Crippen LogP contribution in [0.1, 0.15) is 22.3 Å². The van der Waals surface area contributed by atoms with Crippen LogP contribution in [-0.2, 0) is 28.5 Å². The van der Waals surface area contributed by atoms with E-state index in [1.54, 1.807) is 121 Å². The van der Waals surface area contributed by atoms with Crippen molar-refractivity contribution in [3.8, 4) is 12.1 Å². The second kappa shape index (κ2) is 15.8. The fourth-order valence-corrected chi connectivity index (χ4v) is 6.41. The van der Waals surface area contributed by atoms with Crippen LogP contribution in [0.25, 0.3) is 0 Å². The number of halogens is 2. The number of benzene rings is 4. The molecule has 20 heteroatoms. The maximum absolute atomic E-state index is 17.2. The summed E-state index contributed by atoms with van der Waals surface area (Å²) in [6.45, 7) is 0. The molecule has 0 fully saturated rings. The zero-order chi connectivity index (χ0) is 37.4. The minimum atomic E-state index is -4.67. The van der Waals surface area contributed by atoms with Gasteiger partial charge in [-0.05, 0) is 0 Å². The molecular formula is C34H20B2F2N8O6S2-2. The van der Waals surface area contributed by atoms with E-state index in [1.165, 1.54) is 0 Å². The van der Waals surface area contributed by atoms with Crippen LogP contribution >= 0.6 is 23.5 Å². The number of thioether (sulfide) groups is 2. The first-order valence-electron chi connectivity index (χ1n) is 15.7. The molecular weight excluding hydrogens is 740 g/mol. The monoisotopic (exact) mass is 760 g/mol. The standard InChI is InChI=1S/C34H20B2F2N8O6S2/c37-35-47-41-29(23-13-5-1-6-14-23)30(24-15-7-2-8-16-24)42-48-36(38,52-46-34-33(45-51-35)53-27(21-39)28(22-40)54-34)50-44-32(26-19-11-4-12-20-26)31(43-49-35)25-17-9-3-10-18-25/h1-20H/q-2/b41-29+,42-30+,43-31+,44-32+,45-33-,46-34-. The number of hydrogen-bond acceptors (Lipinski definition) is 16. The van der Waals surface area contributed by atoms with Crippen LogP contribution < -0.4 is 0 Å². The van der Waals surface area contributed by atoms with Gasteiger partial charge in [-0.2, -0.15) is 10.5 Å². The van der Waals surface area contributed by atoms with E-state index in [2.05, 4.69) is 30.9 Å². The predicted octanol–water partition coefficient (Wildman–Crippen LogP) is 6.91. The van der Waals surface area contributed by atoms with Gasteiger partial charge in [-0.3, -0.25) is 0 Å². The third kappa shape index (κ3) is 7.94. The normalized spacial score (nSPS) is 27.3. The molecule has 4 aromatic rings. The molecule has 14 nitrogen and oxygen atoms in total. The molecule has 0 amide bonds. The van der Waals surface area contributed by atoms with Gasteiger partial charge in [0.25, 0.3) is 0 Å². The van der Waals surface area contributed by atoms with Crippen molar-refractivity contribution in [3.63, 3.8) is 0 Å². The van der Waals surface area contributed by atoms with Crippen LogP contribution in [-0.4, -0.2) is 47.0 Å². The lowest BCUT2D eigenvalue weighted by molar-refractivity contribution is 0.0222. The predicted molar refractivity (Wildman–Crippen MR) is 200 cm³/mol. The fraction of sp³-hybridized carbons (Fsp3) is 0. The van der Waals surface area contributed by atoms with Crippen molar-refractivity contribution in [2.24, 2.45) is 30.9 Å². The van der Waals surface area contributed by atoms with Crippen LogP contribution in [0.3, 0.4) is 0 Å². The Labute approximate surface area is 313 Å². The van der Waals surface area contributed by atoms with E-state index in [1.807, 2.05) is 12.1 Å². The summed E-state index contributed by atoms with van der Waals surface area (Å²) in [5.74, 6) is 0. The highest BCUT2D eigenvalue weighted by Gasteiger charge is 2.45. The number of allylic oxidation sites excluding steroid dienone is 2. The van der Waals surface area contributed by atoms with Crippen LogP contribution in [0.2, 0.25) is 0 Å². The molecule has 8 rings (SSSR count). The molecule has 54 heavy (non-hydrogen) atoms. The van der Waals surface area contributed by atoms with Crippen molar-refractivity contribution in [2.75, 3.05) is 0 Å². The highest BCUT2D eigenvalue weighted by molar-refractivity contribution is 8.31. The van der Waals surface area contributed by atoms with Crippen molar-refractivity contribution >= 4 is 70.5 Å². The van der Waals surface area contributed by atoms with E-state index in [9.17, 15) is 10.5 Å². The second-order valence-corrected chi connectivity index (χ2v) is 12.8. The highest BCUT2D eigenvalue weighted by atomic mass is 32.2. The molecule has 4 aliphatic rings. The first kappa shape index (κ1) is 35.5. The molecule has 0 N–H and O–H groups in total. The molecule has 4 heterocycles. The van der Waals surface area contributed by atoms with E-state index in [0.29, 0.717) is 45.8 Å². The topological polar surface area (TPSA) is 177 Å². The zero-order valence-electron chi connectivity index (χ0n) is 27.3. The second-order valence-electron chi connectivity index (χ2n) is 10.8. The van der Waals surface area contributed by atoms with Crippen LogP contribution in [0, 0.1) is 22.7 Å². The van der Waals surface area contributed by atoms with Gasteiger partial charge >= 0.3 is 14.1 Å². The van der Waals surface area contributed by atoms with E-state index in [0.717, 1.165) is 0 Å². The number of hydrogen-bond donors (Lipinski definition) is 0. The number of nitrogens with zero attached hydrogens (tertiary/aromatic N) is 8. The van der Waals surface area contributed by atoms with Crippen molar-refractivity contribution in [1.29, 1.82) is 10.5 Å². The van der Waals surface area contributed by atoms with Gasteiger partial charge in [-0.25, -0.2) is 0 Å². The summed E-state index contributed by atoms with van der Waals surface area (Å²) in [4.78, 5) is -0.311. The fourth-order valence-electron chi connectivity index (χ4n) is 4.75. The summed E-state index contributed by atoms with van der Waals surface area (Å²) in [6, 6.07) is 36.6. The minimum Gasteiger partial charge on any atom is -0.509 e. The number of nitriles is 2. The van der Waals surface area contributed by atoms with E-state index in [4.69, 9.17) is 28.5 Å². The van der Waals surface area contributed by atoms with E-state index < -0.39 is 14.1 Å². The number of fused-ring (bicyclic) bond motifs is 8. The molecule has 0 saturated carbocycles. The Morgan fingerprint density at radius 3 is 0.889 bits per heavy atom. The molecule has 0 radical (unpaired) electrons. The van der Waals surface area contributed by atoms with Gasteiger partial charge in [0, 0.05) is 22.3 Å². The van der Waals surface area contributed by atoms with Crippen molar-refractivity contribution in [1.82, 2.24) is 0 Å². The quantitative estimate of drug-likeness (QED) is 0.199. The minimum absolute atomic E-state index is 0.155. The van der Waals surface area contributed by atoms with Crippen LogP contribution in [0.5, 0.6) is 0 Å². The van der Waals surface area contributed by atoms with Gasteiger partial charge < -0.3 is 37.2 Å². The molecule has 4 aromatic carbocycles. The first-order chi connectivity index (χ1) is 26.4. The number of rotatable bonds is 4. The molecule has 0 aliphatic carbocycles. The molecule has 4 aliphatic heterocycles. The summed E-state index contributed by atoms with van der Waals surface area (Å²) in [5.41, 5.74) is 0.426. The molecule has 0 unspecified atom stereocenters. The van der Waals surface area contributed by atoms with Gasteiger partial charge in [0.2, 0.25) is 0 Å². The lowest BCUT2D eigenvalue weighted by atomic mass is 10.00. The van der Waals surface area contributed by atoms with Crippen LogP contribution in [0.4, 0.5) is 8.63 Å². The third-order valence-electron chi connectivity index (χ3n) is 7.23.